The van der Waals surface area contributed by atoms with Gasteiger partial charge in [-0.2, -0.15) is 0 Å². The van der Waals surface area contributed by atoms with Crippen LogP contribution in [-0.2, 0) is 14.3 Å². The second-order valence-electron chi connectivity index (χ2n) is 6.16. The Morgan fingerprint density at radius 2 is 1.80 bits per heavy atom. The lowest BCUT2D eigenvalue weighted by atomic mass is 9.84. The molecule has 2 aliphatic carbocycles. The van der Waals surface area contributed by atoms with Crippen molar-refractivity contribution >= 4 is 11.9 Å². The zero-order valence-corrected chi connectivity index (χ0v) is 12.2. The van der Waals surface area contributed by atoms with Crippen molar-refractivity contribution in [3.63, 3.8) is 0 Å². The van der Waals surface area contributed by atoms with E-state index in [9.17, 15) is 9.59 Å². The van der Waals surface area contributed by atoms with E-state index in [2.05, 4.69) is 12.2 Å². The molecule has 0 aromatic carbocycles. The molecule has 0 saturated heterocycles. The summed E-state index contributed by atoms with van der Waals surface area (Å²) in [4.78, 5) is 23.2. The van der Waals surface area contributed by atoms with Gasteiger partial charge in [0, 0.05) is 13.2 Å². The summed E-state index contributed by atoms with van der Waals surface area (Å²) in [6, 6.07) is 0. The lowest BCUT2D eigenvalue weighted by molar-refractivity contribution is -0.149. The molecule has 0 bridgehead atoms. The third-order valence-electron chi connectivity index (χ3n) is 4.54. The summed E-state index contributed by atoms with van der Waals surface area (Å²) < 4.78 is 6.00. The first-order chi connectivity index (χ1) is 9.55. The van der Waals surface area contributed by atoms with Gasteiger partial charge in [0.1, 0.15) is 5.41 Å². The third-order valence-corrected chi connectivity index (χ3v) is 4.54. The van der Waals surface area contributed by atoms with Gasteiger partial charge in [-0.3, -0.25) is 9.59 Å². The summed E-state index contributed by atoms with van der Waals surface area (Å²) in [5.74, 6) is -1.34. The quantitative estimate of drug-likeness (QED) is 0.702. The minimum absolute atomic E-state index is 0.279. The van der Waals surface area contributed by atoms with Crippen LogP contribution in [0, 0.1) is 5.41 Å². The first-order valence-corrected chi connectivity index (χ1v) is 7.70. The molecule has 1 amide bonds. The van der Waals surface area contributed by atoms with Crippen LogP contribution in [0.25, 0.3) is 0 Å². The van der Waals surface area contributed by atoms with Crippen molar-refractivity contribution in [2.24, 2.45) is 5.41 Å². The molecule has 2 N–H and O–H groups in total. The molecule has 5 heteroatoms. The van der Waals surface area contributed by atoms with Gasteiger partial charge in [0.2, 0.25) is 5.91 Å². The standard InChI is InChI=1S/C15H25NO4/c1-2-10-20-14(6-4-3-5-7-14)11-16-12(17)15(8-9-15)13(18)19/h2-11H2,1H3,(H,16,17)(H,18,19). The fraction of sp³-hybridized carbons (Fsp3) is 0.867. The van der Waals surface area contributed by atoms with Crippen LogP contribution in [0.4, 0.5) is 0 Å². The largest absolute Gasteiger partial charge is 0.480 e. The van der Waals surface area contributed by atoms with Gasteiger partial charge in [0.25, 0.3) is 0 Å². The Kier molecular flexibility index (Phi) is 4.68. The number of nitrogens with one attached hydrogen (secondary N) is 1. The average Bonchev–Trinajstić information content (AvgIpc) is 3.25. The number of carbonyl (C=O) groups excluding carboxylic acids is 1. The van der Waals surface area contributed by atoms with Crippen LogP contribution in [0.15, 0.2) is 0 Å². The van der Waals surface area contributed by atoms with Crippen LogP contribution in [-0.4, -0.2) is 35.7 Å². The highest BCUT2D eigenvalue weighted by Crippen LogP contribution is 2.46. The van der Waals surface area contributed by atoms with Crippen LogP contribution in [0.5, 0.6) is 0 Å². The van der Waals surface area contributed by atoms with E-state index in [4.69, 9.17) is 9.84 Å². The molecule has 5 nitrogen and oxygen atoms in total. The maximum atomic E-state index is 12.1. The van der Waals surface area contributed by atoms with E-state index in [1.54, 1.807) is 0 Å². The Balaban J connectivity index is 1.91. The fourth-order valence-electron chi connectivity index (χ4n) is 2.96. The molecule has 0 spiro atoms. The number of carboxylic acids is 1. The van der Waals surface area contributed by atoms with E-state index < -0.39 is 11.4 Å². The highest BCUT2D eigenvalue weighted by Gasteiger charge is 2.57. The minimum Gasteiger partial charge on any atom is -0.480 e. The minimum atomic E-state index is -1.15. The second-order valence-corrected chi connectivity index (χ2v) is 6.16. The monoisotopic (exact) mass is 283 g/mol. The number of hydrogen-bond acceptors (Lipinski definition) is 3. The molecule has 0 aliphatic heterocycles. The van der Waals surface area contributed by atoms with E-state index in [1.165, 1.54) is 6.42 Å². The molecule has 20 heavy (non-hydrogen) atoms. The first kappa shape index (κ1) is 15.3. The maximum Gasteiger partial charge on any atom is 0.319 e. The van der Waals surface area contributed by atoms with Gasteiger partial charge in [-0.05, 0) is 32.1 Å². The molecule has 2 fully saturated rings. The van der Waals surface area contributed by atoms with Gasteiger partial charge in [-0.15, -0.1) is 0 Å². The van der Waals surface area contributed by atoms with Crippen LogP contribution >= 0.6 is 0 Å². The highest BCUT2D eigenvalue weighted by atomic mass is 16.5. The maximum absolute atomic E-state index is 12.1. The normalized spacial score (nSPS) is 23.1. The molecule has 0 unspecified atom stereocenters. The van der Waals surface area contributed by atoms with Crippen molar-refractivity contribution in [1.29, 1.82) is 0 Å². The summed E-state index contributed by atoms with van der Waals surface area (Å²) in [5, 5.41) is 12.0. The van der Waals surface area contributed by atoms with Crippen molar-refractivity contribution in [2.75, 3.05) is 13.2 Å². The second kappa shape index (κ2) is 6.12. The number of aliphatic carboxylic acids is 1. The van der Waals surface area contributed by atoms with Crippen LogP contribution in [0.2, 0.25) is 0 Å². The van der Waals surface area contributed by atoms with Gasteiger partial charge in [-0.25, -0.2) is 0 Å². The third kappa shape index (κ3) is 3.14. The first-order valence-electron chi connectivity index (χ1n) is 7.70. The molecule has 0 atom stereocenters. The zero-order chi connectivity index (χ0) is 14.6. The van der Waals surface area contributed by atoms with Crippen molar-refractivity contribution in [3.8, 4) is 0 Å². The molecule has 0 heterocycles. The molecule has 114 valence electrons. The fourth-order valence-corrected chi connectivity index (χ4v) is 2.96. The Morgan fingerprint density at radius 1 is 1.15 bits per heavy atom. The average molecular weight is 283 g/mol. The van der Waals surface area contributed by atoms with E-state index in [-0.39, 0.29) is 11.5 Å². The van der Waals surface area contributed by atoms with Gasteiger partial charge in [0.15, 0.2) is 0 Å². The Labute approximate surface area is 120 Å². The summed E-state index contributed by atoms with van der Waals surface area (Å²) in [6.45, 7) is 3.21. The molecular formula is C15H25NO4. The Bertz CT molecular complexity index is 370. The van der Waals surface area contributed by atoms with Crippen molar-refractivity contribution in [3.05, 3.63) is 0 Å². The molecule has 0 aromatic rings. The molecular weight excluding hydrogens is 258 g/mol. The number of carboxylic acid groups (broad SMARTS) is 1. The van der Waals surface area contributed by atoms with Gasteiger partial charge < -0.3 is 15.2 Å². The van der Waals surface area contributed by atoms with Gasteiger partial charge >= 0.3 is 5.97 Å². The summed E-state index contributed by atoms with van der Waals surface area (Å²) in [5.41, 5.74) is -1.43. The van der Waals surface area contributed by atoms with Crippen LogP contribution in [0.1, 0.15) is 58.3 Å². The zero-order valence-electron chi connectivity index (χ0n) is 12.2. The molecule has 0 radical (unpaired) electrons. The Hall–Kier alpha value is -1.10. The van der Waals surface area contributed by atoms with Crippen molar-refractivity contribution in [2.45, 2.75) is 63.9 Å². The SMILES string of the molecule is CCCOC1(CNC(=O)C2(C(=O)O)CC2)CCCCC1. The summed E-state index contributed by atoms with van der Waals surface area (Å²) in [6.07, 6.45) is 7.21. The summed E-state index contributed by atoms with van der Waals surface area (Å²) in [7, 11) is 0. The molecule has 2 aliphatic rings. The summed E-state index contributed by atoms with van der Waals surface area (Å²) >= 11 is 0. The van der Waals surface area contributed by atoms with E-state index in [1.807, 2.05) is 0 Å². The van der Waals surface area contributed by atoms with E-state index >= 15 is 0 Å². The Morgan fingerprint density at radius 3 is 2.30 bits per heavy atom. The van der Waals surface area contributed by atoms with Crippen molar-refractivity contribution < 1.29 is 19.4 Å². The predicted molar refractivity (Wildman–Crippen MR) is 74.4 cm³/mol. The van der Waals surface area contributed by atoms with Crippen LogP contribution in [0.3, 0.4) is 0 Å². The topological polar surface area (TPSA) is 75.6 Å². The lowest BCUT2D eigenvalue weighted by Crippen LogP contribution is -2.49. The van der Waals surface area contributed by atoms with Crippen LogP contribution < -0.4 is 5.32 Å². The van der Waals surface area contributed by atoms with Gasteiger partial charge in [0.05, 0.1) is 5.60 Å². The molecule has 2 rings (SSSR count). The van der Waals surface area contributed by atoms with E-state index in [0.29, 0.717) is 26.0 Å². The number of hydrogen-bond donors (Lipinski definition) is 2. The smallest absolute Gasteiger partial charge is 0.319 e. The lowest BCUT2D eigenvalue weighted by Gasteiger charge is -2.37. The number of amides is 1. The highest BCUT2D eigenvalue weighted by molar-refractivity contribution is 6.04. The number of carbonyl (C=O) groups is 2. The van der Waals surface area contributed by atoms with Crippen molar-refractivity contribution in [1.82, 2.24) is 5.32 Å². The molecule has 2 saturated carbocycles. The van der Waals surface area contributed by atoms with Gasteiger partial charge in [-0.1, -0.05) is 26.2 Å². The number of ether oxygens (including phenoxy) is 1. The molecule has 0 aromatic heterocycles. The van der Waals surface area contributed by atoms with E-state index in [0.717, 1.165) is 32.1 Å². The number of rotatable bonds is 7. The predicted octanol–water partition coefficient (Wildman–Crippen LogP) is 2.10.